The van der Waals surface area contributed by atoms with Crippen molar-refractivity contribution in [2.75, 3.05) is 32.0 Å². The van der Waals surface area contributed by atoms with Gasteiger partial charge in [0.2, 0.25) is 0 Å². The highest BCUT2D eigenvalue weighted by atomic mass is 32.2. The van der Waals surface area contributed by atoms with E-state index in [1.165, 1.54) is 43.1 Å². The molecular weight excluding hydrogens is 254 g/mol. The Kier molecular flexibility index (Phi) is 6.75. The number of aliphatic hydroxyl groups excluding tert-OH is 1. The zero-order valence-corrected chi connectivity index (χ0v) is 12.4. The third-order valence-corrected chi connectivity index (χ3v) is 4.97. The summed E-state index contributed by atoms with van der Waals surface area (Å²) in [5.74, 6) is 2.10. The normalized spacial score (nSPS) is 19.9. The van der Waals surface area contributed by atoms with Gasteiger partial charge in [-0.15, -0.1) is 11.8 Å². The third kappa shape index (κ3) is 5.55. The van der Waals surface area contributed by atoms with Crippen molar-refractivity contribution in [3.05, 3.63) is 30.3 Å². The predicted molar refractivity (Wildman–Crippen MR) is 82.6 cm³/mol. The average Bonchev–Trinajstić information content (AvgIpc) is 2.91. The maximum atomic E-state index is 8.76. The number of nitrogens with zero attached hydrogens (tertiary/aromatic N) is 1. The van der Waals surface area contributed by atoms with E-state index in [0.29, 0.717) is 6.61 Å². The molecule has 1 atom stereocenters. The number of benzene rings is 1. The smallest absolute Gasteiger partial charge is 0.0431 e. The Bertz CT molecular complexity index is 344. The molecule has 1 aliphatic rings. The van der Waals surface area contributed by atoms with E-state index in [1.807, 2.05) is 11.8 Å². The lowest BCUT2D eigenvalue weighted by molar-refractivity contribution is 0.271. The van der Waals surface area contributed by atoms with Crippen molar-refractivity contribution in [3.63, 3.8) is 0 Å². The Labute approximate surface area is 121 Å². The summed E-state index contributed by atoms with van der Waals surface area (Å²) in [7, 11) is 0. The molecule has 3 heteroatoms. The predicted octanol–water partition coefficient (Wildman–Crippen LogP) is 3.26. The summed E-state index contributed by atoms with van der Waals surface area (Å²) in [6, 6.07) is 10.7. The zero-order valence-electron chi connectivity index (χ0n) is 11.6. The lowest BCUT2D eigenvalue weighted by atomic mass is 10.2. The van der Waals surface area contributed by atoms with Crippen molar-refractivity contribution in [1.29, 1.82) is 0 Å². The van der Waals surface area contributed by atoms with Gasteiger partial charge in [0.15, 0.2) is 0 Å². The number of hydrogen-bond donors (Lipinski definition) is 1. The van der Waals surface area contributed by atoms with Crippen molar-refractivity contribution in [2.45, 2.75) is 30.6 Å². The summed E-state index contributed by atoms with van der Waals surface area (Å²) in [6.45, 7) is 4.08. The highest BCUT2D eigenvalue weighted by Gasteiger charge is 2.21. The van der Waals surface area contributed by atoms with Crippen LogP contribution in [0.15, 0.2) is 35.2 Å². The Balaban J connectivity index is 1.60. The Morgan fingerprint density at radius 3 is 2.79 bits per heavy atom. The molecule has 1 heterocycles. The number of hydrogen-bond acceptors (Lipinski definition) is 3. The molecule has 0 radical (unpaired) electrons. The van der Waals surface area contributed by atoms with Crippen LogP contribution in [0, 0.1) is 5.92 Å². The standard InChI is InChI=1S/C16H25NOS/c18-12-6-2-5-10-17-11-9-15(13-17)14-19-16-7-3-1-4-8-16/h1,3-4,7-8,15,18H,2,5-6,9-14H2. The van der Waals surface area contributed by atoms with Crippen LogP contribution >= 0.6 is 11.8 Å². The lowest BCUT2D eigenvalue weighted by Crippen LogP contribution is -2.22. The van der Waals surface area contributed by atoms with E-state index in [2.05, 4.69) is 35.2 Å². The van der Waals surface area contributed by atoms with Crippen LogP contribution in [0.5, 0.6) is 0 Å². The van der Waals surface area contributed by atoms with E-state index in [4.69, 9.17) is 5.11 Å². The van der Waals surface area contributed by atoms with E-state index >= 15 is 0 Å². The van der Waals surface area contributed by atoms with Crippen molar-refractivity contribution in [1.82, 2.24) is 4.90 Å². The van der Waals surface area contributed by atoms with Gasteiger partial charge in [0.1, 0.15) is 0 Å². The Hall–Kier alpha value is -0.510. The van der Waals surface area contributed by atoms with E-state index < -0.39 is 0 Å². The number of unbranched alkanes of at least 4 members (excludes halogenated alkanes) is 2. The van der Waals surface area contributed by atoms with Crippen molar-refractivity contribution in [3.8, 4) is 0 Å². The molecule has 0 saturated carbocycles. The fraction of sp³-hybridized carbons (Fsp3) is 0.625. The van der Waals surface area contributed by atoms with Crippen LogP contribution < -0.4 is 0 Å². The maximum Gasteiger partial charge on any atom is 0.0431 e. The van der Waals surface area contributed by atoms with Crippen LogP contribution in [-0.2, 0) is 0 Å². The molecular formula is C16H25NOS. The first-order chi connectivity index (χ1) is 9.38. The first kappa shape index (κ1) is 14.9. The Morgan fingerprint density at radius 1 is 1.16 bits per heavy atom. The maximum absolute atomic E-state index is 8.76. The largest absolute Gasteiger partial charge is 0.396 e. The van der Waals surface area contributed by atoms with Crippen LogP contribution in [-0.4, -0.2) is 42.0 Å². The van der Waals surface area contributed by atoms with Crippen molar-refractivity contribution >= 4 is 11.8 Å². The summed E-state index contributed by atoms with van der Waals surface area (Å²) in [6.07, 6.45) is 4.70. The number of aliphatic hydroxyl groups is 1. The van der Waals surface area contributed by atoms with Crippen LogP contribution in [0.25, 0.3) is 0 Å². The second-order valence-electron chi connectivity index (χ2n) is 5.36. The monoisotopic (exact) mass is 279 g/mol. The first-order valence-corrected chi connectivity index (χ1v) is 8.38. The molecule has 2 nitrogen and oxygen atoms in total. The topological polar surface area (TPSA) is 23.5 Å². The molecule has 1 aliphatic heterocycles. The molecule has 0 bridgehead atoms. The molecule has 2 rings (SSSR count). The number of thioether (sulfide) groups is 1. The van der Waals surface area contributed by atoms with Gasteiger partial charge in [0, 0.05) is 23.8 Å². The van der Waals surface area contributed by atoms with Gasteiger partial charge in [-0.25, -0.2) is 0 Å². The zero-order chi connectivity index (χ0) is 13.3. The average molecular weight is 279 g/mol. The van der Waals surface area contributed by atoms with Gasteiger partial charge in [-0.2, -0.15) is 0 Å². The summed E-state index contributed by atoms with van der Waals surface area (Å²) in [5.41, 5.74) is 0. The molecule has 1 saturated heterocycles. The highest BCUT2D eigenvalue weighted by Crippen LogP contribution is 2.25. The van der Waals surface area contributed by atoms with Crippen LogP contribution in [0.4, 0.5) is 0 Å². The molecule has 1 unspecified atom stereocenters. The summed E-state index contributed by atoms with van der Waals surface area (Å²) >= 11 is 1.99. The molecule has 0 amide bonds. The van der Waals surface area contributed by atoms with Crippen LogP contribution in [0.2, 0.25) is 0 Å². The molecule has 106 valence electrons. The van der Waals surface area contributed by atoms with Gasteiger partial charge in [-0.3, -0.25) is 0 Å². The van der Waals surface area contributed by atoms with Gasteiger partial charge < -0.3 is 10.0 Å². The lowest BCUT2D eigenvalue weighted by Gasteiger charge is -2.15. The number of likely N-dealkylation sites (tertiary alicyclic amines) is 1. The van der Waals surface area contributed by atoms with Crippen molar-refractivity contribution in [2.24, 2.45) is 5.92 Å². The second-order valence-corrected chi connectivity index (χ2v) is 6.46. The molecule has 0 aromatic heterocycles. The van der Waals surface area contributed by atoms with Crippen molar-refractivity contribution < 1.29 is 5.11 Å². The van der Waals surface area contributed by atoms with E-state index in [-0.39, 0.29) is 0 Å². The molecule has 1 aromatic rings. The molecule has 1 N–H and O–H groups in total. The second kappa shape index (κ2) is 8.62. The van der Waals surface area contributed by atoms with Gasteiger partial charge in [0.05, 0.1) is 0 Å². The van der Waals surface area contributed by atoms with Crippen LogP contribution in [0.3, 0.4) is 0 Å². The highest BCUT2D eigenvalue weighted by molar-refractivity contribution is 7.99. The van der Waals surface area contributed by atoms with E-state index in [9.17, 15) is 0 Å². The molecule has 19 heavy (non-hydrogen) atoms. The number of rotatable bonds is 8. The van der Waals surface area contributed by atoms with Crippen LogP contribution in [0.1, 0.15) is 25.7 Å². The minimum absolute atomic E-state index is 0.344. The molecule has 0 aliphatic carbocycles. The molecule has 1 aromatic carbocycles. The third-order valence-electron chi connectivity index (χ3n) is 3.73. The summed E-state index contributed by atoms with van der Waals surface area (Å²) in [5, 5.41) is 8.76. The molecule has 1 fully saturated rings. The SMILES string of the molecule is OCCCCCN1CCC(CSc2ccccc2)C1. The quantitative estimate of drug-likeness (QED) is 0.583. The van der Waals surface area contributed by atoms with Gasteiger partial charge in [-0.1, -0.05) is 18.2 Å². The minimum atomic E-state index is 0.344. The summed E-state index contributed by atoms with van der Waals surface area (Å²) < 4.78 is 0. The Morgan fingerprint density at radius 2 is 2.00 bits per heavy atom. The van der Waals surface area contributed by atoms with Gasteiger partial charge in [0.25, 0.3) is 0 Å². The molecule has 0 spiro atoms. The fourth-order valence-corrected chi connectivity index (χ4v) is 3.66. The fourth-order valence-electron chi connectivity index (χ4n) is 2.61. The van der Waals surface area contributed by atoms with E-state index in [0.717, 1.165) is 18.8 Å². The minimum Gasteiger partial charge on any atom is -0.396 e. The van der Waals surface area contributed by atoms with Gasteiger partial charge in [-0.05, 0) is 56.8 Å². The first-order valence-electron chi connectivity index (χ1n) is 7.39. The summed E-state index contributed by atoms with van der Waals surface area (Å²) in [4.78, 5) is 3.98. The van der Waals surface area contributed by atoms with E-state index in [1.54, 1.807) is 0 Å². The van der Waals surface area contributed by atoms with Gasteiger partial charge >= 0.3 is 0 Å².